The molecule has 0 aromatic heterocycles. The van der Waals surface area contributed by atoms with Gasteiger partial charge in [0.15, 0.2) is 10.5 Å². The number of methoxy groups -OCH3 is 1. The molecule has 0 N–H and O–H groups in total. The summed E-state index contributed by atoms with van der Waals surface area (Å²) in [6.07, 6.45) is 16.5. The molecule has 0 amide bonds. The fourth-order valence-electron chi connectivity index (χ4n) is 11.2. The second kappa shape index (κ2) is 15.3. The lowest BCUT2D eigenvalue weighted by Crippen LogP contribution is -2.39. The molecule has 10 rings (SSSR count). The number of benzene rings is 5. The van der Waals surface area contributed by atoms with Crippen LogP contribution in [0, 0.1) is 5.41 Å². The molecule has 314 valence electrons. The van der Waals surface area contributed by atoms with Crippen molar-refractivity contribution in [2.24, 2.45) is 5.41 Å². The van der Waals surface area contributed by atoms with E-state index in [1.165, 1.54) is 85.1 Å². The zero-order valence-corrected chi connectivity index (χ0v) is 36.5. The Balaban J connectivity index is 1.09. The molecule has 7 nitrogen and oxygen atoms in total. The average molecular weight is 835 g/mol. The number of carbonyl (C=O) groups excluding carboxylic acids is 2. The molecular weight excluding hydrogens is 781 g/mol. The van der Waals surface area contributed by atoms with Crippen LogP contribution >= 0.6 is 11.8 Å². The quantitative estimate of drug-likeness (QED) is 0.102. The maximum Gasteiger partial charge on any atom is 0.306 e. The second-order valence-electron chi connectivity index (χ2n) is 18.3. The predicted molar refractivity (Wildman–Crippen MR) is 241 cm³/mol. The van der Waals surface area contributed by atoms with Crippen LogP contribution in [0.2, 0.25) is 0 Å². The highest BCUT2D eigenvalue weighted by atomic mass is 32.2. The maximum absolute atomic E-state index is 12.0. The van der Waals surface area contributed by atoms with Crippen LogP contribution < -0.4 is 18.9 Å². The largest absolute Gasteiger partial charge is 0.497 e. The Hall–Kier alpha value is -5.21. The van der Waals surface area contributed by atoms with Crippen molar-refractivity contribution in [1.82, 2.24) is 0 Å². The Morgan fingerprint density at radius 2 is 1.46 bits per heavy atom. The Labute approximate surface area is 363 Å². The van der Waals surface area contributed by atoms with Gasteiger partial charge in [-0.2, -0.15) is 0 Å². The fourth-order valence-corrected chi connectivity index (χ4v) is 12.2. The highest BCUT2D eigenvalue weighted by Gasteiger charge is 2.52. The normalized spacial score (nSPS) is 20.9. The van der Waals surface area contributed by atoms with Crippen LogP contribution in [0.4, 0.5) is 0 Å². The number of fused-ring (bicyclic) bond motifs is 11. The van der Waals surface area contributed by atoms with Gasteiger partial charge in [0.05, 0.1) is 18.4 Å². The van der Waals surface area contributed by atoms with E-state index >= 15 is 0 Å². The lowest BCUT2D eigenvalue weighted by molar-refractivity contribution is -0.145. The van der Waals surface area contributed by atoms with E-state index in [9.17, 15) is 9.59 Å². The van der Waals surface area contributed by atoms with Crippen LogP contribution in [0.15, 0.2) is 95.9 Å². The van der Waals surface area contributed by atoms with Crippen molar-refractivity contribution in [3.8, 4) is 34.1 Å². The van der Waals surface area contributed by atoms with Crippen molar-refractivity contribution in [3.63, 3.8) is 0 Å². The van der Waals surface area contributed by atoms with Gasteiger partial charge in [-0.25, -0.2) is 0 Å². The van der Waals surface area contributed by atoms with Crippen LogP contribution in [-0.2, 0) is 25.3 Å². The van der Waals surface area contributed by atoms with Gasteiger partial charge in [-0.1, -0.05) is 85.6 Å². The standard InChI is InChI=1S/C53H54O7S/c1-34(54)12-21-46(55)58-31-30-57-38-19-15-36(16-20-38)53(35-13-17-37(56-4)18-14-35)25-22-40-48-47(41-32-44-45(61-50(2,3)59-44)33-42(41)49(40)60-53)39-10-6-7-11-43(39)52(48)28-26-51(27-29-52)23-8-5-9-24-51/h6-7,10-11,13-20,22,25,32-33H,5,8-9,12,21,23-24,26-31H2,1-4H3. The molecule has 2 spiro atoms. The van der Waals surface area contributed by atoms with Gasteiger partial charge in [0.2, 0.25) is 0 Å². The first-order chi connectivity index (χ1) is 29.5. The van der Waals surface area contributed by atoms with Crippen molar-refractivity contribution < 1.29 is 33.3 Å². The van der Waals surface area contributed by atoms with Gasteiger partial charge >= 0.3 is 5.97 Å². The summed E-state index contributed by atoms with van der Waals surface area (Å²) in [5, 5.41) is 2.27. The Morgan fingerprint density at radius 1 is 0.754 bits per heavy atom. The zero-order chi connectivity index (χ0) is 42.0. The SMILES string of the molecule is COc1ccc(C2(c3ccc(OCCOC(=O)CCC(C)=O)cc3)C=Cc3c4c(c5cc6c(cc5c3O2)SC(C)(C)O6)-c2ccccc2C42CCC3(CCCCC3)CC2)cc1. The molecule has 8 heteroatoms. The number of hydrogen-bond acceptors (Lipinski definition) is 8. The molecule has 2 fully saturated rings. The number of thioether (sulfide) groups is 1. The molecule has 0 saturated heterocycles. The lowest BCUT2D eigenvalue weighted by Gasteiger charge is -2.48. The van der Waals surface area contributed by atoms with E-state index in [1.54, 1.807) is 18.9 Å². The summed E-state index contributed by atoms with van der Waals surface area (Å²) in [4.78, 5) is 24.1. The fraction of sp³-hybridized carbons (Fsp3) is 0.396. The molecule has 1 unspecified atom stereocenters. The molecular formula is C53H54O7S. The molecule has 0 radical (unpaired) electrons. The molecule has 5 aliphatic rings. The number of hydrogen-bond donors (Lipinski definition) is 0. The minimum Gasteiger partial charge on any atom is -0.497 e. The molecule has 2 aliphatic heterocycles. The van der Waals surface area contributed by atoms with E-state index in [0.717, 1.165) is 51.5 Å². The molecule has 5 aromatic carbocycles. The molecule has 3 aliphatic carbocycles. The first-order valence-corrected chi connectivity index (χ1v) is 22.9. The lowest BCUT2D eigenvalue weighted by atomic mass is 9.56. The molecule has 2 heterocycles. The number of esters is 1. The summed E-state index contributed by atoms with van der Waals surface area (Å²) < 4.78 is 31.3. The van der Waals surface area contributed by atoms with Gasteiger partial charge in [0, 0.05) is 33.9 Å². The van der Waals surface area contributed by atoms with Crippen LogP contribution in [-0.4, -0.2) is 37.0 Å². The third kappa shape index (κ3) is 6.90. The maximum atomic E-state index is 12.0. The van der Waals surface area contributed by atoms with Crippen molar-refractivity contribution in [3.05, 3.63) is 119 Å². The minimum absolute atomic E-state index is 0.0368. The van der Waals surface area contributed by atoms with Crippen molar-refractivity contribution >= 4 is 40.4 Å². The molecule has 5 aromatic rings. The first-order valence-electron chi connectivity index (χ1n) is 22.1. The first kappa shape index (κ1) is 39.9. The van der Waals surface area contributed by atoms with Gasteiger partial charge in [0.25, 0.3) is 0 Å². The van der Waals surface area contributed by atoms with E-state index in [0.29, 0.717) is 11.2 Å². The highest BCUT2D eigenvalue weighted by molar-refractivity contribution is 8.00. The van der Waals surface area contributed by atoms with E-state index in [-0.39, 0.29) is 42.2 Å². The molecule has 0 bridgehead atoms. The van der Waals surface area contributed by atoms with Gasteiger partial charge in [-0.15, -0.1) is 0 Å². The molecule has 61 heavy (non-hydrogen) atoms. The summed E-state index contributed by atoms with van der Waals surface area (Å²) in [6, 6.07) is 30.0. The Morgan fingerprint density at radius 3 is 2.16 bits per heavy atom. The second-order valence-corrected chi connectivity index (χ2v) is 20.0. The van der Waals surface area contributed by atoms with E-state index < -0.39 is 11.6 Å². The molecule has 2 saturated carbocycles. The van der Waals surface area contributed by atoms with E-state index in [1.807, 2.05) is 24.3 Å². The predicted octanol–water partition coefficient (Wildman–Crippen LogP) is 12.5. The highest BCUT2D eigenvalue weighted by Crippen LogP contribution is 2.66. The number of ether oxygens (including phenoxy) is 5. The molecule has 1 atom stereocenters. The van der Waals surface area contributed by atoms with Gasteiger partial charge < -0.3 is 28.5 Å². The summed E-state index contributed by atoms with van der Waals surface area (Å²) in [6.45, 7) is 6.05. The van der Waals surface area contributed by atoms with Gasteiger partial charge in [0.1, 0.15) is 42.0 Å². The summed E-state index contributed by atoms with van der Waals surface area (Å²) in [7, 11) is 1.69. The van der Waals surface area contributed by atoms with Crippen LogP contribution in [0.3, 0.4) is 0 Å². The Bertz CT molecular complexity index is 2560. The smallest absolute Gasteiger partial charge is 0.306 e. The van der Waals surface area contributed by atoms with Crippen molar-refractivity contribution in [1.29, 1.82) is 0 Å². The summed E-state index contributed by atoms with van der Waals surface area (Å²) >= 11 is 1.76. The van der Waals surface area contributed by atoms with Gasteiger partial charge in [-0.3, -0.25) is 4.79 Å². The van der Waals surface area contributed by atoms with E-state index in [4.69, 9.17) is 23.7 Å². The Kier molecular flexibility index (Phi) is 10.0. The summed E-state index contributed by atoms with van der Waals surface area (Å²) in [5.41, 5.74) is 8.03. The zero-order valence-electron chi connectivity index (χ0n) is 35.7. The average Bonchev–Trinajstić information content (AvgIpc) is 3.74. The minimum atomic E-state index is -0.982. The van der Waals surface area contributed by atoms with E-state index in [2.05, 4.69) is 86.7 Å². The number of Topliss-reactive ketones (excluding diaryl/α,β-unsaturated/α-hetero) is 1. The van der Waals surface area contributed by atoms with Crippen LogP contribution in [0.1, 0.15) is 119 Å². The monoisotopic (exact) mass is 834 g/mol. The third-order valence-corrected chi connectivity index (χ3v) is 15.3. The van der Waals surface area contributed by atoms with Crippen LogP contribution in [0.5, 0.6) is 23.0 Å². The van der Waals surface area contributed by atoms with Crippen molar-refractivity contribution in [2.75, 3.05) is 20.3 Å². The summed E-state index contributed by atoms with van der Waals surface area (Å²) in [5.74, 6) is 2.82. The number of ketones is 1. The van der Waals surface area contributed by atoms with Crippen LogP contribution in [0.25, 0.3) is 28.0 Å². The topological polar surface area (TPSA) is 80.3 Å². The third-order valence-electron chi connectivity index (χ3n) is 14.2. The number of carbonyl (C=O) groups is 2. The van der Waals surface area contributed by atoms with Crippen molar-refractivity contribution in [2.45, 2.75) is 112 Å². The van der Waals surface area contributed by atoms with Gasteiger partial charge in [-0.05, 0) is 135 Å². The number of rotatable bonds is 10.